The van der Waals surface area contributed by atoms with Crippen molar-refractivity contribution in [2.45, 2.75) is 24.5 Å². The van der Waals surface area contributed by atoms with Crippen molar-refractivity contribution in [1.29, 1.82) is 0 Å². The van der Waals surface area contributed by atoms with E-state index >= 15 is 0 Å². The first-order valence-electron chi connectivity index (χ1n) is 7.31. The van der Waals surface area contributed by atoms with E-state index in [1.807, 2.05) is 24.3 Å². The minimum atomic E-state index is -0.496. The molecule has 1 saturated heterocycles. The number of amidine groups is 1. The van der Waals surface area contributed by atoms with Gasteiger partial charge >= 0.3 is 0 Å². The van der Waals surface area contributed by atoms with Crippen molar-refractivity contribution < 1.29 is 9.59 Å². The van der Waals surface area contributed by atoms with Gasteiger partial charge in [-0.3, -0.25) is 9.59 Å². The van der Waals surface area contributed by atoms with Crippen LogP contribution in [0.1, 0.15) is 19.3 Å². The lowest BCUT2D eigenvalue weighted by atomic mass is 10.2. The number of hydrogen-bond donors (Lipinski definition) is 2. The molecule has 116 valence electrons. The van der Waals surface area contributed by atoms with Gasteiger partial charge in [0.2, 0.25) is 5.91 Å². The molecule has 1 aromatic carbocycles. The lowest BCUT2D eigenvalue weighted by molar-refractivity contribution is -0.121. The van der Waals surface area contributed by atoms with Crippen LogP contribution < -0.4 is 16.0 Å². The van der Waals surface area contributed by atoms with E-state index in [0.29, 0.717) is 0 Å². The van der Waals surface area contributed by atoms with E-state index in [-0.39, 0.29) is 23.4 Å². The Balaban J connectivity index is 1.54. The highest BCUT2D eigenvalue weighted by molar-refractivity contribution is 8.15. The van der Waals surface area contributed by atoms with Gasteiger partial charge in [0.25, 0.3) is 5.91 Å². The number of nitrogens with two attached hydrogens (primary N) is 1. The number of nitrogens with one attached hydrogen (secondary N) is 1. The molecule has 6 nitrogen and oxygen atoms in total. The van der Waals surface area contributed by atoms with Crippen molar-refractivity contribution in [3.63, 3.8) is 0 Å². The van der Waals surface area contributed by atoms with Gasteiger partial charge in [0, 0.05) is 30.9 Å². The third-order valence-electron chi connectivity index (χ3n) is 3.75. The summed E-state index contributed by atoms with van der Waals surface area (Å²) in [5.41, 5.74) is 7.39. The minimum absolute atomic E-state index is 0.0849. The molecule has 1 aromatic rings. The van der Waals surface area contributed by atoms with Gasteiger partial charge in [-0.2, -0.15) is 4.99 Å². The van der Waals surface area contributed by atoms with Crippen LogP contribution in [0.2, 0.25) is 0 Å². The molecule has 2 aliphatic heterocycles. The van der Waals surface area contributed by atoms with E-state index in [2.05, 4.69) is 15.2 Å². The summed E-state index contributed by atoms with van der Waals surface area (Å²) in [5, 5.41) is 2.54. The second-order valence-electron chi connectivity index (χ2n) is 5.39. The first kappa shape index (κ1) is 14.9. The van der Waals surface area contributed by atoms with Crippen LogP contribution in [0, 0.1) is 0 Å². The van der Waals surface area contributed by atoms with Gasteiger partial charge < -0.3 is 16.0 Å². The van der Waals surface area contributed by atoms with Crippen LogP contribution in [0.25, 0.3) is 0 Å². The Bertz CT molecular complexity index is 608. The van der Waals surface area contributed by atoms with E-state index in [0.717, 1.165) is 30.5 Å². The number of benzene rings is 1. The van der Waals surface area contributed by atoms with E-state index < -0.39 is 5.25 Å². The molecule has 7 heteroatoms. The standard InChI is InChI=1S/C15H18N4O2S/c16-15-18-14(21)12(22-15)9-13(20)17-10-3-5-11(6-4-10)19-7-1-2-8-19/h3-6,12H,1-2,7-9H2,(H,17,20)(H2,16,18,21). The van der Waals surface area contributed by atoms with E-state index in [1.54, 1.807) is 0 Å². The van der Waals surface area contributed by atoms with Gasteiger partial charge in [-0.25, -0.2) is 0 Å². The van der Waals surface area contributed by atoms with E-state index in [1.165, 1.54) is 18.5 Å². The van der Waals surface area contributed by atoms with Gasteiger partial charge in [0.15, 0.2) is 5.17 Å². The Labute approximate surface area is 133 Å². The summed E-state index contributed by atoms with van der Waals surface area (Å²) in [5.74, 6) is -0.535. The monoisotopic (exact) mass is 318 g/mol. The number of anilines is 2. The van der Waals surface area contributed by atoms with Crippen molar-refractivity contribution >= 4 is 40.1 Å². The van der Waals surface area contributed by atoms with Crippen LogP contribution in [0.3, 0.4) is 0 Å². The summed E-state index contributed by atoms with van der Waals surface area (Å²) in [6, 6.07) is 7.80. The van der Waals surface area contributed by atoms with Gasteiger partial charge in [-0.1, -0.05) is 11.8 Å². The van der Waals surface area contributed by atoms with Gasteiger partial charge in [0.1, 0.15) is 5.25 Å². The predicted octanol–water partition coefficient (Wildman–Crippen LogP) is 1.57. The Kier molecular flexibility index (Phi) is 4.33. The number of carbonyl (C=O) groups is 2. The molecule has 3 rings (SSSR count). The smallest absolute Gasteiger partial charge is 0.262 e. The maximum atomic E-state index is 12.0. The highest BCUT2D eigenvalue weighted by Crippen LogP contribution is 2.24. The lowest BCUT2D eigenvalue weighted by Gasteiger charge is -2.17. The minimum Gasteiger partial charge on any atom is -0.378 e. The zero-order valence-corrected chi connectivity index (χ0v) is 12.9. The Hall–Kier alpha value is -2.02. The third kappa shape index (κ3) is 3.41. The van der Waals surface area contributed by atoms with Crippen molar-refractivity contribution in [3.05, 3.63) is 24.3 Å². The molecule has 2 heterocycles. The summed E-state index contributed by atoms with van der Waals surface area (Å²) < 4.78 is 0. The molecule has 1 atom stereocenters. The summed E-state index contributed by atoms with van der Waals surface area (Å²) in [6.45, 7) is 2.18. The summed E-state index contributed by atoms with van der Waals surface area (Å²) in [7, 11) is 0. The Morgan fingerprint density at radius 1 is 1.32 bits per heavy atom. The molecule has 3 N–H and O–H groups in total. The maximum Gasteiger partial charge on any atom is 0.262 e. The van der Waals surface area contributed by atoms with Crippen molar-refractivity contribution in [2.24, 2.45) is 10.7 Å². The second-order valence-corrected chi connectivity index (χ2v) is 6.61. The fourth-order valence-corrected chi connectivity index (χ4v) is 3.47. The van der Waals surface area contributed by atoms with Gasteiger partial charge in [-0.15, -0.1) is 0 Å². The molecular weight excluding hydrogens is 300 g/mol. The van der Waals surface area contributed by atoms with Crippen molar-refractivity contribution in [1.82, 2.24) is 0 Å². The third-order valence-corrected chi connectivity index (χ3v) is 4.74. The molecule has 0 aliphatic carbocycles. The predicted molar refractivity (Wildman–Crippen MR) is 89.1 cm³/mol. The zero-order valence-electron chi connectivity index (χ0n) is 12.1. The quantitative estimate of drug-likeness (QED) is 0.880. The van der Waals surface area contributed by atoms with E-state index in [9.17, 15) is 9.59 Å². The largest absolute Gasteiger partial charge is 0.378 e. The second kappa shape index (κ2) is 6.39. The first-order valence-corrected chi connectivity index (χ1v) is 8.19. The molecular formula is C15H18N4O2S. The zero-order chi connectivity index (χ0) is 15.5. The number of thioether (sulfide) groups is 1. The molecule has 0 bridgehead atoms. The average molecular weight is 318 g/mol. The molecule has 0 spiro atoms. The summed E-state index contributed by atoms with van der Waals surface area (Å²) in [4.78, 5) is 29.4. The SMILES string of the molecule is NC1=NC(=O)C(CC(=O)Nc2ccc(N3CCCC3)cc2)S1. The van der Waals surface area contributed by atoms with Gasteiger partial charge in [0.05, 0.1) is 0 Å². The molecule has 2 aliphatic rings. The highest BCUT2D eigenvalue weighted by Gasteiger charge is 2.29. The fourth-order valence-electron chi connectivity index (χ4n) is 2.64. The highest BCUT2D eigenvalue weighted by atomic mass is 32.2. The lowest BCUT2D eigenvalue weighted by Crippen LogP contribution is -2.21. The normalized spacial score (nSPS) is 21.1. The van der Waals surface area contributed by atoms with Crippen molar-refractivity contribution in [3.8, 4) is 0 Å². The number of amides is 2. The number of hydrogen-bond acceptors (Lipinski definition) is 5. The number of carbonyl (C=O) groups excluding carboxylic acids is 2. The van der Waals surface area contributed by atoms with Crippen LogP contribution in [0.15, 0.2) is 29.3 Å². The number of nitrogens with zero attached hydrogens (tertiary/aromatic N) is 2. The Morgan fingerprint density at radius 2 is 2.00 bits per heavy atom. The molecule has 0 aromatic heterocycles. The molecule has 1 fully saturated rings. The van der Waals surface area contributed by atoms with Crippen LogP contribution in [-0.2, 0) is 9.59 Å². The topological polar surface area (TPSA) is 87.8 Å². The number of rotatable bonds is 4. The average Bonchev–Trinajstić information content (AvgIpc) is 3.10. The Morgan fingerprint density at radius 3 is 2.59 bits per heavy atom. The molecule has 22 heavy (non-hydrogen) atoms. The van der Waals surface area contributed by atoms with Gasteiger partial charge in [-0.05, 0) is 37.1 Å². The molecule has 1 unspecified atom stereocenters. The van der Waals surface area contributed by atoms with Crippen LogP contribution in [0.4, 0.5) is 11.4 Å². The molecule has 0 saturated carbocycles. The molecule has 2 amide bonds. The van der Waals surface area contributed by atoms with Crippen LogP contribution in [-0.4, -0.2) is 35.3 Å². The number of aliphatic imine (C=N–C) groups is 1. The van der Waals surface area contributed by atoms with Crippen molar-refractivity contribution in [2.75, 3.05) is 23.3 Å². The fraction of sp³-hybridized carbons (Fsp3) is 0.400. The van der Waals surface area contributed by atoms with Crippen LogP contribution in [0.5, 0.6) is 0 Å². The molecule has 0 radical (unpaired) electrons. The van der Waals surface area contributed by atoms with E-state index in [4.69, 9.17) is 5.73 Å². The van der Waals surface area contributed by atoms with Crippen LogP contribution >= 0.6 is 11.8 Å². The maximum absolute atomic E-state index is 12.0. The summed E-state index contributed by atoms with van der Waals surface area (Å²) in [6.07, 6.45) is 2.55. The summed E-state index contributed by atoms with van der Waals surface area (Å²) >= 11 is 1.14. The first-order chi connectivity index (χ1) is 10.6.